The molecule has 1 aromatic carbocycles. The van der Waals surface area contributed by atoms with Gasteiger partial charge < -0.3 is 15.1 Å². The van der Waals surface area contributed by atoms with Gasteiger partial charge in [0, 0.05) is 5.69 Å². The van der Waals surface area contributed by atoms with Crippen molar-refractivity contribution in [3.8, 4) is 0 Å². The van der Waals surface area contributed by atoms with Crippen molar-refractivity contribution in [3.05, 3.63) is 29.8 Å². The van der Waals surface area contributed by atoms with Crippen molar-refractivity contribution in [2.24, 2.45) is 0 Å². The van der Waals surface area contributed by atoms with Crippen LogP contribution >= 0.6 is 0 Å². The van der Waals surface area contributed by atoms with E-state index in [0.717, 1.165) is 18.2 Å². The number of carboxylic acids is 2. The van der Waals surface area contributed by atoms with Crippen molar-refractivity contribution in [1.82, 2.24) is 0 Å². The third-order valence-corrected chi connectivity index (χ3v) is 2.20. The standard InChI is InChI=1S/C11H10F3NO4/c12-11(13,14)7-3-1-2-4-8(7)15(5-9(16)17)6-10(18)19/h1-4H,5-6H2,(H,16,17)(H,18,19). The van der Waals surface area contributed by atoms with Crippen LogP contribution in [0.4, 0.5) is 18.9 Å². The SMILES string of the molecule is O=C(O)CN(CC(=O)O)c1ccccc1C(F)(F)F. The van der Waals surface area contributed by atoms with Gasteiger partial charge in [0.05, 0.1) is 5.56 Å². The van der Waals surface area contributed by atoms with E-state index in [1.54, 1.807) is 0 Å². The number of halogens is 3. The van der Waals surface area contributed by atoms with Gasteiger partial charge >= 0.3 is 18.1 Å². The van der Waals surface area contributed by atoms with Crippen LogP contribution in [-0.2, 0) is 15.8 Å². The molecule has 0 fully saturated rings. The van der Waals surface area contributed by atoms with Gasteiger partial charge in [-0.2, -0.15) is 13.2 Å². The van der Waals surface area contributed by atoms with Crippen molar-refractivity contribution < 1.29 is 33.0 Å². The minimum atomic E-state index is -4.69. The Bertz CT molecular complexity index is 471. The molecule has 104 valence electrons. The third kappa shape index (κ3) is 4.16. The molecule has 0 saturated carbocycles. The molecular weight excluding hydrogens is 267 g/mol. The van der Waals surface area contributed by atoms with Crippen LogP contribution in [0.5, 0.6) is 0 Å². The molecule has 0 aliphatic heterocycles. The first-order chi connectivity index (χ1) is 8.71. The molecule has 19 heavy (non-hydrogen) atoms. The van der Waals surface area contributed by atoms with Gasteiger partial charge in [-0.3, -0.25) is 9.59 Å². The van der Waals surface area contributed by atoms with E-state index in [2.05, 4.69) is 0 Å². The molecule has 5 nitrogen and oxygen atoms in total. The highest BCUT2D eigenvalue weighted by molar-refractivity contribution is 5.80. The van der Waals surface area contributed by atoms with Crippen molar-refractivity contribution >= 4 is 17.6 Å². The number of rotatable bonds is 5. The zero-order chi connectivity index (χ0) is 14.6. The summed E-state index contributed by atoms with van der Waals surface area (Å²) in [5.74, 6) is -2.84. The summed E-state index contributed by atoms with van der Waals surface area (Å²) < 4.78 is 38.3. The number of carboxylic acid groups (broad SMARTS) is 2. The van der Waals surface area contributed by atoms with Gasteiger partial charge in [-0.05, 0) is 12.1 Å². The molecule has 0 heterocycles. The number of hydrogen-bond acceptors (Lipinski definition) is 3. The van der Waals surface area contributed by atoms with E-state index in [-0.39, 0.29) is 0 Å². The number of benzene rings is 1. The van der Waals surface area contributed by atoms with Crippen LogP contribution in [0.25, 0.3) is 0 Å². The van der Waals surface area contributed by atoms with Gasteiger partial charge in [0.2, 0.25) is 0 Å². The molecule has 0 aliphatic rings. The Labute approximate surface area is 105 Å². The van der Waals surface area contributed by atoms with Gasteiger partial charge in [0.1, 0.15) is 13.1 Å². The fraction of sp³-hybridized carbons (Fsp3) is 0.273. The Morgan fingerprint density at radius 1 is 1.05 bits per heavy atom. The van der Waals surface area contributed by atoms with Crippen LogP contribution in [0, 0.1) is 0 Å². The lowest BCUT2D eigenvalue weighted by atomic mass is 10.1. The normalized spacial score (nSPS) is 11.1. The monoisotopic (exact) mass is 277 g/mol. The molecule has 0 atom stereocenters. The summed E-state index contributed by atoms with van der Waals surface area (Å²) in [7, 11) is 0. The quantitative estimate of drug-likeness (QED) is 0.856. The summed E-state index contributed by atoms with van der Waals surface area (Å²) in [6, 6.07) is 4.23. The fourth-order valence-corrected chi connectivity index (χ4v) is 1.54. The molecule has 1 rings (SSSR count). The van der Waals surface area contributed by atoms with Crippen LogP contribution in [0.1, 0.15) is 5.56 Å². The molecule has 2 N–H and O–H groups in total. The second-order valence-electron chi connectivity index (χ2n) is 3.66. The zero-order valence-electron chi connectivity index (χ0n) is 9.52. The molecule has 0 unspecified atom stereocenters. The zero-order valence-corrected chi connectivity index (χ0v) is 9.52. The third-order valence-electron chi connectivity index (χ3n) is 2.20. The molecule has 0 bridgehead atoms. The van der Waals surface area contributed by atoms with E-state index in [1.165, 1.54) is 6.07 Å². The average Bonchev–Trinajstić information content (AvgIpc) is 2.25. The first-order valence-corrected chi connectivity index (χ1v) is 5.06. The van der Waals surface area contributed by atoms with E-state index in [9.17, 15) is 22.8 Å². The van der Waals surface area contributed by atoms with Crippen molar-refractivity contribution in [1.29, 1.82) is 0 Å². The van der Waals surface area contributed by atoms with Gasteiger partial charge in [-0.25, -0.2) is 0 Å². The summed E-state index contributed by atoms with van der Waals surface area (Å²) >= 11 is 0. The topological polar surface area (TPSA) is 77.8 Å². The average molecular weight is 277 g/mol. The van der Waals surface area contributed by atoms with E-state index in [0.29, 0.717) is 4.90 Å². The van der Waals surface area contributed by atoms with Gasteiger partial charge in [0.15, 0.2) is 0 Å². The van der Waals surface area contributed by atoms with E-state index in [1.807, 2.05) is 0 Å². The number of para-hydroxylation sites is 1. The Balaban J connectivity index is 3.21. The molecule has 8 heteroatoms. The van der Waals surface area contributed by atoms with Gasteiger partial charge in [-0.1, -0.05) is 12.1 Å². The fourth-order valence-electron chi connectivity index (χ4n) is 1.54. The largest absolute Gasteiger partial charge is 0.480 e. The first kappa shape index (κ1) is 14.8. The molecule has 0 aromatic heterocycles. The number of alkyl halides is 3. The maximum atomic E-state index is 12.8. The molecule has 0 radical (unpaired) electrons. The number of anilines is 1. The Morgan fingerprint density at radius 2 is 1.53 bits per heavy atom. The number of nitrogens with zero attached hydrogens (tertiary/aromatic N) is 1. The van der Waals surface area contributed by atoms with Crippen LogP contribution < -0.4 is 4.90 Å². The van der Waals surface area contributed by atoms with Crippen LogP contribution in [0.3, 0.4) is 0 Å². The highest BCUT2D eigenvalue weighted by atomic mass is 19.4. The first-order valence-electron chi connectivity index (χ1n) is 5.06. The summed E-state index contributed by atoms with van der Waals surface area (Å²) in [4.78, 5) is 21.9. The predicted octanol–water partition coefficient (Wildman–Crippen LogP) is 1.68. The van der Waals surface area contributed by atoms with E-state index >= 15 is 0 Å². The minimum Gasteiger partial charge on any atom is -0.480 e. The van der Waals surface area contributed by atoms with Crippen LogP contribution in [0.15, 0.2) is 24.3 Å². The minimum absolute atomic E-state index is 0.472. The Hall–Kier alpha value is -2.25. The maximum Gasteiger partial charge on any atom is 0.418 e. The Morgan fingerprint density at radius 3 is 1.95 bits per heavy atom. The lowest BCUT2D eigenvalue weighted by Gasteiger charge is -2.24. The number of carbonyl (C=O) groups is 2. The smallest absolute Gasteiger partial charge is 0.418 e. The highest BCUT2D eigenvalue weighted by Gasteiger charge is 2.35. The molecule has 0 saturated heterocycles. The van der Waals surface area contributed by atoms with Crippen LogP contribution in [-0.4, -0.2) is 35.2 Å². The maximum absolute atomic E-state index is 12.8. The predicted molar refractivity (Wildman–Crippen MR) is 58.9 cm³/mol. The van der Waals surface area contributed by atoms with E-state index in [4.69, 9.17) is 10.2 Å². The lowest BCUT2D eigenvalue weighted by Crippen LogP contribution is -2.35. The molecule has 0 spiro atoms. The van der Waals surface area contributed by atoms with Crippen LogP contribution in [0.2, 0.25) is 0 Å². The summed E-state index contributed by atoms with van der Waals surface area (Å²) in [6.07, 6.45) is -4.69. The summed E-state index contributed by atoms with van der Waals surface area (Å²) in [5, 5.41) is 17.3. The summed E-state index contributed by atoms with van der Waals surface area (Å²) in [6.45, 7) is -1.67. The van der Waals surface area contributed by atoms with Gasteiger partial charge in [-0.15, -0.1) is 0 Å². The lowest BCUT2D eigenvalue weighted by molar-refractivity contribution is -0.139. The second-order valence-corrected chi connectivity index (χ2v) is 3.66. The number of hydrogen-bond donors (Lipinski definition) is 2. The van der Waals surface area contributed by atoms with Gasteiger partial charge in [0.25, 0.3) is 0 Å². The van der Waals surface area contributed by atoms with Crippen molar-refractivity contribution in [2.45, 2.75) is 6.18 Å². The molecule has 1 aromatic rings. The molecule has 0 amide bonds. The molecule has 0 aliphatic carbocycles. The highest BCUT2D eigenvalue weighted by Crippen LogP contribution is 2.36. The van der Waals surface area contributed by atoms with E-state index < -0.39 is 42.5 Å². The molecular formula is C11H10F3NO4. The second kappa shape index (κ2) is 5.59. The summed E-state index contributed by atoms with van der Waals surface area (Å²) in [5.41, 5.74) is -1.54. The Kier molecular flexibility index (Phi) is 4.36. The van der Waals surface area contributed by atoms with Crippen molar-refractivity contribution in [2.75, 3.05) is 18.0 Å². The van der Waals surface area contributed by atoms with Crippen molar-refractivity contribution in [3.63, 3.8) is 0 Å². The number of aliphatic carboxylic acids is 2.